The summed E-state index contributed by atoms with van der Waals surface area (Å²) in [6.07, 6.45) is 6.50. The Morgan fingerprint density at radius 1 is 0.920 bits per heavy atom. The zero-order valence-corrected chi connectivity index (χ0v) is 16.8. The first-order valence-electron chi connectivity index (χ1n) is 8.40. The molecule has 0 aliphatic carbocycles. The summed E-state index contributed by atoms with van der Waals surface area (Å²) in [7, 11) is -8.17. The molecule has 0 aromatic carbocycles. The molecule has 25 heavy (non-hydrogen) atoms. The SMILES string of the molecule is C/C(=C/CCCCC(=O)CCCCCC(C)(C)S(=O)(=O)O)S(=O)(=O)O. The molecule has 0 aromatic heterocycles. The number of hydrogen-bond donors (Lipinski definition) is 2. The number of unbranched alkanes of at least 4 members (excludes halogenated alkanes) is 4. The maximum absolute atomic E-state index is 11.7. The molecule has 0 atom stereocenters. The molecule has 7 nitrogen and oxygen atoms in total. The van der Waals surface area contributed by atoms with E-state index in [9.17, 15) is 21.6 Å². The first kappa shape index (κ1) is 24.2. The van der Waals surface area contributed by atoms with E-state index in [0.29, 0.717) is 51.4 Å². The third-order valence-corrected chi connectivity index (χ3v) is 6.76. The van der Waals surface area contributed by atoms with Gasteiger partial charge in [0.2, 0.25) is 0 Å². The van der Waals surface area contributed by atoms with Crippen molar-refractivity contribution in [1.29, 1.82) is 0 Å². The van der Waals surface area contributed by atoms with Gasteiger partial charge in [-0.1, -0.05) is 18.9 Å². The first-order chi connectivity index (χ1) is 11.3. The first-order valence-corrected chi connectivity index (χ1v) is 11.3. The molecule has 0 rings (SSSR count). The van der Waals surface area contributed by atoms with Crippen LogP contribution in [0.3, 0.4) is 0 Å². The van der Waals surface area contributed by atoms with Gasteiger partial charge in [-0.05, 0) is 52.9 Å². The van der Waals surface area contributed by atoms with Crippen molar-refractivity contribution in [2.75, 3.05) is 0 Å². The molecular formula is C16H30O7S2. The zero-order chi connectivity index (χ0) is 19.7. The topological polar surface area (TPSA) is 126 Å². The molecular weight excluding hydrogens is 368 g/mol. The number of hydrogen-bond acceptors (Lipinski definition) is 5. The third kappa shape index (κ3) is 10.7. The summed E-state index contributed by atoms with van der Waals surface area (Å²) in [6, 6.07) is 0. The average molecular weight is 399 g/mol. The lowest BCUT2D eigenvalue weighted by atomic mass is 10.0. The molecule has 0 fully saturated rings. The van der Waals surface area contributed by atoms with Crippen molar-refractivity contribution < 1.29 is 30.7 Å². The van der Waals surface area contributed by atoms with Gasteiger partial charge in [-0.15, -0.1) is 0 Å². The molecule has 0 spiro atoms. The Balaban J connectivity index is 3.83. The van der Waals surface area contributed by atoms with Crippen LogP contribution in [0.1, 0.15) is 78.6 Å². The van der Waals surface area contributed by atoms with Crippen LogP contribution in [0.4, 0.5) is 0 Å². The van der Waals surface area contributed by atoms with E-state index in [4.69, 9.17) is 9.11 Å². The Bertz CT molecular complexity index is 659. The van der Waals surface area contributed by atoms with Crippen LogP contribution in [0, 0.1) is 0 Å². The number of allylic oxidation sites excluding steroid dienone is 2. The summed E-state index contributed by atoms with van der Waals surface area (Å²) in [5, 5.41) is 0. The molecule has 0 unspecified atom stereocenters. The predicted octanol–water partition coefficient (Wildman–Crippen LogP) is 3.52. The smallest absolute Gasteiger partial charge is 0.290 e. The highest BCUT2D eigenvalue weighted by atomic mass is 32.2. The maximum atomic E-state index is 11.7. The maximum Gasteiger partial charge on any atom is 0.290 e. The fraction of sp³-hybridized carbons (Fsp3) is 0.812. The second-order valence-corrected chi connectivity index (χ2v) is 10.5. The monoisotopic (exact) mass is 398 g/mol. The fourth-order valence-corrected chi connectivity index (χ4v) is 2.91. The zero-order valence-electron chi connectivity index (χ0n) is 15.2. The van der Waals surface area contributed by atoms with Crippen molar-refractivity contribution >= 4 is 26.0 Å². The Morgan fingerprint density at radius 2 is 1.44 bits per heavy atom. The van der Waals surface area contributed by atoms with Crippen molar-refractivity contribution in [3.05, 3.63) is 11.0 Å². The lowest BCUT2D eigenvalue weighted by Gasteiger charge is -2.20. The summed E-state index contributed by atoms with van der Waals surface area (Å²) in [4.78, 5) is 11.7. The van der Waals surface area contributed by atoms with Gasteiger partial charge >= 0.3 is 0 Å². The van der Waals surface area contributed by atoms with Gasteiger partial charge in [-0.2, -0.15) is 16.8 Å². The van der Waals surface area contributed by atoms with Gasteiger partial charge in [-0.3, -0.25) is 13.9 Å². The van der Waals surface area contributed by atoms with Crippen molar-refractivity contribution in [2.45, 2.75) is 83.3 Å². The summed E-state index contributed by atoms with van der Waals surface area (Å²) >= 11 is 0. The van der Waals surface area contributed by atoms with Crippen molar-refractivity contribution in [1.82, 2.24) is 0 Å². The molecule has 148 valence electrons. The Labute approximate surface area is 151 Å². The summed E-state index contributed by atoms with van der Waals surface area (Å²) in [5.74, 6) is 0.129. The molecule has 0 aromatic rings. The molecule has 0 bridgehead atoms. The van der Waals surface area contributed by atoms with Crippen molar-refractivity contribution in [3.8, 4) is 0 Å². The van der Waals surface area contributed by atoms with E-state index in [1.54, 1.807) is 0 Å². The third-order valence-electron chi connectivity index (χ3n) is 4.18. The van der Waals surface area contributed by atoms with Gasteiger partial charge in [-0.25, -0.2) is 0 Å². The number of Topliss-reactive ketones (excluding diaryl/α,β-unsaturated/α-hetero) is 1. The van der Waals surface area contributed by atoms with Gasteiger partial charge < -0.3 is 0 Å². The molecule has 0 aliphatic heterocycles. The van der Waals surface area contributed by atoms with Crippen LogP contribution in [0.15, 0.2) is 11.0 Å². The van der Waals surface area contributed by atoms with Crippen LogP contribution in [-0.2, 0) is 25.0 Å². The highest BCUT2D eigenvalue weighted by Gasteiger charge is 2.31. The number of carbonyl (C=O) groups is 1. The summed E-state index contributed by atoms with van der Waals surface area (Å²) in [5.41, 5.74) is 0. The number of ketones is 1. The Hall–Kier alpha value is -0.770. The van der Waals surface area contributed by atoms with E-state index in [-0.39, 0.29) is 10.7 Å². The van der Waals surface area contributed by atoms with Gasteiger partial charge in [0, 0.05) is 12.8 Å². The van der Waals surface area contributed by atoms with E-state index in [2.05, 4.69) is 0 Å². The molecule has 2 N–H and O–H groups in total. The van der Waals surface area contributed by atoms with E-state index in [1.807, 2.05) is 0 Å². The molecule has 0 amide bonds. The van der Waals surface area contributed by atoms with E-state index < -0.39 is 25.0 Å². The molecule has 0 saturated carbocycles. The van der Waals surface area contributed by atoms with E-state index >= 15 is 0 Å². The summed E-state index contributed by atoms with van der Waals surface area (Å²) < 4.78 is 60.5. The lowest BCUT2D eigenvalue weighted by molar-refractivity contribution is -0.119. The van der Waals surface area contributed by atoms with Crippen LogP contribution in [0.25, 0.3) is 0 Å². The largest absolute Gasteiger partial charge is 0.300 e. The second-order valence-electron chi connectivity index (χ2n) is 6.87. The van der Waals surface area contributed by atoms with Gasteiger partial charge in [0.05, 0.1) is 9.65 Å². The fourth-order valence-electron chi connectivity index (χ4n) is 2.18. The number of carbonyl (C=O) groups excluding carboxylic acids is 1. The molecule has 9 heteroatoms. The van der Waals surface area contributed by atoms with Crippen LogP contribution in [0.2, 0.25) is 0 Å². The summed E-state index contributed by atoms with van der Waals surface area (Å²) in [6.45, 7) is 4.28. The van der Waals surface area contributed by atoms with Crippen LogP contribution >= 0.6 is 0 Å². The van der Waals surface area contributed by atoms with Crippen LogP contribution < -0.4 is 0 Å². The Morgan fingerprint density at radius 3 is 1.92 bits per heavy atom. The average Bonchev–Trinajstić information content (AvgIpc) is 2.43. The van der Waals surface area contributed by atoms with Gasteiger partial charge in [0.25, 0.3) is 20.2 Å². The minimum Gasteiger partial charge on any atom is -0.300 e. The van der Waals surface area contributed by atoms with Crippen molar-refractivity contribution in [2.24, 2.45) is 0 Å². The minimum absolute atomic E-state index is 0.0772. The molecule has 0 heterocycles. The number of rotatable bonds is 13. The quantitative estimate of drug-likeness (QED) is 0.359. The highest BCUT2D eigenvalue weighted by molar-refractivity contribution is 7.89. The minimum atomic E-state index is -4.10. The standard InChI is InChI=1S/C16H30O7S2/c1-14(24(18,19)20)10-6-4-7-11-15(17)12-8-5-9-13-16(2,3)25(21,22)23/h10H,4-9,11-13H2,1-3H3,(H,18,19,20)(H,21,22,23)/b14-10-. The Kier molecular flexibility index (Phi) is 10.1. The van der Waals surface area contributed by atoms with Crippen LogP contribution in [-0.4, -0.2) is 36.5 Å². The molecule has 0 saturated heterocycles. The van der Waals surface area contributed by atoms with E-state index in [0.717, 1.165) is 6.42 Å². The molecule has 0 aliphatic rings. The highest BCUT2D eigenvalue weighted by Crippen LogP contribution is 2.23. The van der Waals surface area contributed by atoms with Gasteiger partial charge in [0.1, 0.15) is 5.78 Å². The van der Waals surface area contributed by atoms with E-state index in [1.165, 1.54) is 26.8 Å². The lowest BCUT2D eigenvalue weighted by Crippen LogP contribution is -2.31. The van der Waals surface area contributed by atoms with Crippen LogP contribution in [0.5, 0.6) is 0 Å². The predicted molar refractivity (Wildman–Crippen MR) is 97.5 cm³/mol. The second kappa shape index (κ2) is 10.4. The van der Waals surface area contributed by atoms with Crippen molar-refractivity contribution in [3.63, 3.8) is 0 Å². The normalized spacial score (nSPS) is 13.9. The molecule has 0 radical (unpaired) electrons. The van der Waals surface area contributed by atoms with Gasteiger partial charge in [0.15, 0.2) is 0 Å².